The van der Waals surface area contributed by atoms with Gasteiger partial charge >= 0.3 is 6.36 Å². The Morgan fingerprint density at radius 1 is 1.12 bits per heavy atom. The van der Waals surface area contributed by atoms with Crippen LogP contribution in [-0.4, -0.2) is 88.1 Å². The Kier molecular flexibility index (Phi) is 10.2. The van der Waals surface area contributed by atoms with E-state index in [1.165, 1.54) is 31.4 Å². The van der Waals surface area contributed by atoms with Crippen molar-refractivity contribution in [3.63, 3.8) is 0 Å². The van der Waals surface area contributed by atoms with Gasteiger partial charge in [-0.25, -0.2) is 13.5 Å². The molecular formula is C28H35F3N4O7S. The molecule has 43 heavy (non-hydrogen) atoms. The monoisotopic (exact) mass is 628 g/mol. The van der Waals surface area contributed by atoms with E-state index in [0.717, 1.165) is 17.8 Å². The van der Waals surface area contributed by atoms with Crippen molar-refractivity contribution in [1.29, 1.82) is 0 Å². The predicted octanol–water partition coefficient (Wildman–Crippen LogP) is 3.20. The van der Waals surface area contributed by atoms with Crippen molar-refractivity contribution in [2.45, 2.75) is 41.7 Å². The van der Waals surface area contributed by atoms with Gasteiger partial charge in [-0.2, -0.15) is 0 Å². The van der Waals surface area contributed by atoms with Crippen LogP contribution in [0, 0.1) is 5.92 Å². The fraction of sp³-hybridized carbons (Fsp3) is 0.500. The molecule has 0 bridgehead atoms. The van der Waals surface area contributed by atoms with Gasteiger partial charge in [0.05, 0.1) is 18.0 Å². The van der Waals surface area contributed by atoms with E-state index >= 15 is 0 Å². The van der Waals surface area contributed by atoms with Gasteiger partial charge in [-0.15, -0.1) is 13.2 Å². The number of methoxy groups -OCH3 is 1. The number of halogens is 3. The molecule has 0 aromatic heterocycles. The number of hydrogen-bond acceptors (Lipinski definition) is 9. The second kappa shape index (κ2) is 13.5. The average molecular weight is 629 g/mol. The first-order chi connectivity index (χ1) is 20.4. The third-order valence-electron chi connectivity index (χ3n) is 7.77. The van der Waals surface area contributed by atoms with Gasteiger partial charge in [0, 0.05) is 43.6 Å². The molecule has 0 unspecified atom stereocenters. The van der Waals surface area contributed by atoms with Crippen LogP contribution in [0.1, 0.15) is 25.7 Å². The summed E-state index contributed by atoms with van der Waals surface area (Å²) in [5.74, 6) is -1.99. The van der Waals surface area contributed by atoms with Gasteiger partial charge in [0.25, 0.3) is 5.91 Å². The quantitative estimate of drug-likeness (QED) is 0.268. The van der Waals surface area contributed by atoms with Crippen LogP contribution in [0.4, 0.5) is 24.5 Å². The summed E-state index contributed by atoms with van der Waals surface area (Å²) in [5, 5.41) is 16.5. The SMILES string of the molecule is COCCN(O)C(=O)C1(S(=O)(=O)c2ccc(N3CCC(C(=O)Nc4cccc(OC(F)(F)F)c4)CC3)cc2)CCNCC1. The van der Waals surface area contributed by atoms with Crippen molar-refractivity contribution in [3.05, 3.63) is 48.5 Å². The Morgan fingerprint density at radius 2 is 1.77 bits per heavy atom. The van der Waals surface area contributed by atoms with E-state index < -0.39 is 32.6 Å². The lowest BCUT2D eigenvalue weighted by molar-refractivity contribution is -0.274. The number of amides is 2. The third-order valence-corrected chi connectivity index (χ3v) is 10.3. The molecule has 2 amide bonds. The van der Waals surface area contributed by atoms with Crippen LogP contribution in [0.2, 0.25) is 0 Å². The number of carbonyl (C=O) groups is 2. The minimum atomic E-state index is -4.84. The van der Waals surface area contributed by atoms with Crippen molar-refractivity contribution >= 4 is 33.0 Å². The Labute approximate surface area is 247 Å². The number of sulfone groups is 1. The molecule has 0 aliphatic carbocycles. The van der Waals surface area contributed by atoms with Crippen LogP contribution in [-0.2, 0) is 24.2 Å². The smallest absolute Gasteiger partial charge is 0.406 e. The number of nitrogens with one attached hydrogen (secondary N) is 2. The number of nitrogens with zero attached hydrogens (tertiary/aromatic N) is 2. The zero-order valence-electron chi connectivity index (χ0n) is 23.6. The molecule has 2 aliphatic heterocycles. The molecule has 11 nitrogen and oxygen atoms in total. The summed E-state index contributed by atoms with van der Waals surface area (Å²) >= 11 is 0. The number of hydrogen-bond donors (Lipinski definition) is 3. The standard InChI is InChI=1S/C28H35F3N4O7S/c1-41-18-17-35(38)26(37)27(11-13-32-14-12-27)43(39,40)24-7-5-22(6-8-24)34-15-9-20(10-16-34)25(36)33-21-3-2-4-23(19-21)42-28(29,30)31/h2-8,19-20,32,38H,9-18H2,1H3,(H,33,36). The van der Waals surface area contributed by atoms with Crippen LogP contribution in [0.5, 0.6) is 5.75 Å². The van der Waals surface area contributed by atoms with Crippen molar-refractivity contribution in [1.82, 2.24) is 10.4 Å². The highest BCUT2D eigenvalue weighted by Crippen LogP contribution is 2.36. The molecule has 0 saturated carbocycles. The summed E-state index contributed by atoms with van der Waals surface area (Å²) in [7, 11) is -2.77. The minimum absolute atomic E-state index is 0.00911. The molecule has 2 aliphatic rings. The lowest BCUT2D eigenvalue weighted by atomic mass is 9.95. The Bertz CT molecular complexity index is 1380. The molecule has 4 rings (SSSR count). The van der Waals surface area contributed by atoms with E-state index in [0.29, 0.717) is 44.1 Å². The van der Waals surface area contributed by atoms with Crippen LogP contribution >= 0.6 is 0 Å². The normalized spacial score (nSPS) is 17.7. The molecule has 2 fully saturated rings. The first-order valence-corrected chi connectivity index (χ1v) is 15.3. The van der Waals surface area contributed by atoms with E-state index in [1.807, 2.05) is 4.90 Å². The van der Waals surface area contributed by atoms with Crippen molar-refractivity contribution in [3.8, 4) is 5.75 Å². The Morgan fingerprint density at radius 3 is 2.37 bits per heavy atom. The number of alkyl halides is 3. The zero-order chi connectivity index (χ0) is 31.3. The average Bonchev–Trinajstić information content (AvgIpc) is 2.99. The topological polar surface area (TPSA) is 138 Å². The molecule has 0 radical (unpaired) electrons. The zero-order valence-corrected chi connectivity index (χ0v) is 24.4. The lowest BCUT2D eigenvalue weighted by Crippen LogP contribution is -2.58. The number of anilines is 2. The van der Waals surface area contributed by atoms with E-state index in [1.54, 1.807) is 12.1 Å². The minimum Gasteiger partial charge on any atom is -0.406 e. The highest BCUT2D eigenvalue weighted by atomic mass is 32.2. The van der Waals surface area contributed by atoms with Gasteiger partial charge in [-0.3, -0.25) is 14.8 Å². The number of benzene rings is 2. The molecule has 2 saturated heterocycles. The molecule has 2 aromatic rings. The highest BCUT2D eigenvalue weighted by Gasteiger charge is 2.53. The maximum absolute atomic E-state index is 13.8. The molecule has 0 spiro atoms. The van der Waals surface area contributed by atoms with Gasteiger partial charge in [-0.05, 0) is 75.2 Å². The van der Waals surface area contributed by atoms with E-state index in [4.69, 9.17) is 4.74 Å². The van der Waals surface area contributed by atoms with Crippen LogP contribution in [0.25, 0.3) is 0 Å². The van der Waals surface area contributed by atoms with Gasteiger partial charge < -0.3 is 25.0 Å². The number of piperidine rings is 2. The second-order valence-electron chi connectivity index (χ2n) is 10.5. The van der Waals surface area contributed by atoms with Crippen LogP contribution < -0.4 is 20.3 Å². The van der Waals surface area contributed by atoms with Crippen LogP contribution in [0.15, 0.2) is 53.4 Å². The summed E-state index contributed by atoms with van der Waals surface area (Å²) < 4.78 is 72.2. The molecule has 15 heteroatoms. The number of hydroxylamine groups is 2. The van der Waals surface area contributed by atoms with Crippen LogP contribution in [0.3, 0.4) is 0 Å². The van der Waals surface area contributed by atoms with E-state index in [2.05, 4.69) is 15.4 Å². The lowest BCUT2D eigenvalue weighted by Gasteiger charge is -2.37. The summed E-state index contributed by atoms with van der Waals surface area (Å²) in [4.78, 5) is 28.0. The van der Waals surface area contributed by atoms with Crippen molar-refractivity contribution < 1.29 is 45.9 Å². The van der Waals surface area contributed by atoms with Crippen molar-refractivity contribution in [2.24, 2.45) is 5.92 Å². The largest absolute Gasteiger partial charge is 0.573 e. The predicted molar refractivity (Wildman–Crippen MR) is 151 cm³/mol. The summed E-state index contributed by atoms with van der Waals surface area (Å²) in [6.07, 6.45) is -3.87. The van der Waals surface area contributed by atoms with E-state index in [-0.39, 0.29) is 48.4 Å². The maximum atomic E-state index is 13.8. The van der Waals surface area contributed by atoms with Gasteiger partial charge in [0.2, 0.25) is 5.91 Å². The summed E-state index contributed by atoms with van der Waals surface area (Å²) in [6.45, 7) is 1.48. The Hall–Kier alpha value is -3.40. The van der Waals surface area contributed by atoms with Gasteiger partial charge in [0.1, 0.15) is 5.75 Å². The maximum Gasteiger partial charge on any atom is 0.573 e. The first-order valence-electron chi connectivity index (χ1n) is 13.8. The molecular weight excluding hydrogens is 593 g/mol. The van der Waals surface area contributed by atoms with Gasteiger partial charge in [-0.1, -0.05) is 6.07 Å². The van der Waals surface area contributed by atoms with Crippen molar-refractivity contribution in [2.75, 3.05) is 56.7 Å². The summed E-state index contributed by atoms with van der Waals surface area (Å²) in [6, 6.07) is 11.3. The molecule has 2 heterocycles. The molecule has 0 atom stereocenters. The summed E-state index contributed by atoms with van der Waals surface area (Å²) in [5.41, 5.74) is 0.934. The van der Waals surface area contributed by atoms with E-state index in [9.17, 15) is 36.4 Å². The first kappa shape index (κ1) is 32.5. The molecule has 2 aromatic carbocycles. The molecule has 236 valence electrons. The fourth-order valence-electron chi connectivity index (χ4n) is 5.42. The van der Waals surface area contributed by atoms with Gasteiger partial charge in [0.15, 0.2) is 14.6 Å². The Balaban J connectivity index is 1.39. The number of rotatable bonds is 10. The number of ether oxygens (including phenoxy) is 2. The number of carbonyl (C=O) groups excluding carboxylic acids is 2. The fourth-order valence-corrected chi connectivity index (χ4v) is 7.44. The third kappa shape index (κ3) is 7.58. The second-order valence-corrected chi connectivity index (χ2v) is 12.7. The molecule has 3 N–H and O–H groups in total. The highest BCUT2D eigenvalue weighted by molar-refractivity contribution is 7.93.